The van der Waals surface area contributed by atoms with Gasteiger partial charge in [0.15, 0.2) is 11.5 Å². The van der Waals surface area contributed by atoms with E-state index >= 15 is 0 Å². The van der Waals surface area contributed by atoms with Crippen LogP contribution in [0.3, 0.4) is 0 Å². The summed E-state index contributed by atoms with van der Waals surface area (Å²) < 4.78 is 10.8. The maximum absolute atomic E-state index is 9.36. The molecule has 0 radical (unpaired) electrons. The molecule has 1 aromatic carbocycles. The zero-order chi connectivity index (χ0) is 13.8. The fourth-order valence-corrected chi connectivity index (χ4v) is 1.70. The second kappa shape index (κ2) is 6.07. The Morgan fingerprint density at radius 2 is 2.00 bits per heavy atom. The van der Waals surface area contributed by atoms with Gasteiger partial charge in [0.25, 0.3) is 0 Å². The summed E-state index contributed by atoms with van der Waals surface area (Å²) in [6, 6.07) is 5.38. The number of hydrogen-bond acceptors (Lipinski definition) is 4. The van der Waals surface area contributed by atoms with Crippen molar-refractivity contribution in [3.63, 3.8) is 0 Å². The molecule has 0 saturated heterocycles. The summed E-state index contributed by atoms with van der Waals surface area (Å²) in [5.74, 6) is 1.37. The van der Waals surface area contributed by atoms with E-state index in [0.717, 1.165) is 5.56 Å². The fraction of sp³-hybridized carbons (Fsp3) is 0.571. The van der Waals surface area contributed by atoms with Crippen LogP contribution in [0.4, 0.5) is 0 Å². The fourth-order valence-electron chi connectivity index (χ4n) is 1.70. The van der Waals surface area contributed by atoms with Crippen LogP contribution in [-0.2, 0) is 0 Å². The van der Waals surface area contributed by atoms with Crippen molar-refractivity contribution in [1.82, 2.24) is 0 Å². The first-order valence-corrected chi connectivity index (χ1v) is 6.13. The minimum Gasteiger partial charge on any atom is -0.493 e. The van der Waals surface area contributed by atoms with Crippen LogP contribution in [0.5, 0.6) is 11.5 Å². The Labute approximate surface area is 109 Å². The van der Waals surface area contributed by atoms with Gasteiger partial charge in [-0.05, 0) is 24.6 Å². The normalized spacial score (nSPS) is 13.2. The van der Waals surface area contributed by atoms with Gasteiger partial charge in [0, 0.05) is 18.1 Å². The van der Waals surface area contributed by atoms with Crippen LogP contribution in [0.15, 0.2) is 18.2 Å². The Morgan fingerprint density at radius 1 is 1.33 bits per heavy atom. The van der Waals surface area contributed by atoms with Gasteiger partial charge >= 0.3 is 0 Å². The van der Waals surface area contributed by atoms with Crippen molar-refractivity contribution in [3.05, 3.63) is 23.8 Å². The van der Waals surface area contributed by atoms with Gasteiger partial charge in [-0.3, -0.25) is 0 Å². The molecule has 0 fully saturated rings. The molecule has 4 nitrogen and oxygen atoms in total. The lowest BCUT2D eigenvalue weighted by Crippen LogP contribution is -2.32. The second-order valence-electron chi connectivity index (χ2n) is 4.97. The molecule has 1 atom stereocenters. The summed E-state index contributed by atoms with van der Waals surface area (Å²) in [4.78, 5) is 0. The molecule has 102 valence electrons. The number of hydrogen-bond donors (Lipinski definition) is 2. The van der Waals surface area contributed by atoms with Crippen molar-refractivity contribution in [2.45, 2.75) is 26.8 Å². The van der Waals surface area contributed by atoms with Crippen molar-refractivity contribution < 1.29 is 14.6 Å². The predicted octanol–water partition coefficient (Wildman–Crippen LogP) is 2.11. The van der Waals surface area contributed by atoms with Gasteiger partial charge in [-0.25, -0.2) is 0 Å². The topological polar surface area (TPSA) is 64.7 Å². The van der Waals surface area contributed by atoms with E-state index in [9.17, 15) is 5.11 Å². The summed E-state index contributed by atoms with van der Waals surface area (Å²) in [5, 5.41) is 9.36. The van der Waals surface area contributed by atoms with Gasteiger partial charge in [0.2, 0.25) is 0 Å². The zero-order valence-corrected chi connectivity index (χ0v) is 11.6. The third-order valence-electron chi connectivity index (χ3n) is 3.10. The van der Waals surface area contributed by atoms with Gasteiger partial charge in [0.05, 0.1) is 13.7 Å². The number of aliphatic hydroxyl groups excluding tert-OH is 1. The highest BCUT2D eigenvalue weighted by Crippen LogP contribution is 2.35. The Hall–Kier alpha value is -1.26. The molecule has 0 unspecified atom stereocenters. The highest BCUT2D eigenvalue weighted by molar-refractivity contribution is 5.44. The van der Waals surface area contributed by atoms with Crippen LogP contribution in [0.2, 0.25) is 0 Å². The zero-order valence-electron chi connectivity index (χ0n) is 11.6. The smallest absolute Gasteiger partial charge is 0.161 e. The molecule has 0 aliphatic rings. The molecule has 0 bridgehead atoms. The standard InChI is InChI=1S/C14H23NO3/c1-5-18-11-7-6-10(8-12(11)17-4)13(15)14(2,3)9-16/h6-8,13,16H,5,9,15H2,1-4H3/t13-/m0/s1. The third-order valence-corrected chi connectivity index (χ3v) is 3.10. The minimum atomic E-state index is -0.377. The summed E-state index contributed by atoms with van der Waals surface area (Å²) in [5.41, 5.74) is 6.72. The molecule has 0 aliphatic heterocycles. The lowest BCUT2D eigenvalue weighted by molar-refractivity contribution is 0.132. The molecule has 0 saturated carbocycles. The van der Waals surface area contributed by atoms with Gasteiger partial charge < -0.3 is 20.3 Å². The molecular formula is C14H23NO3. The molecule has 0 aliphatic carbocycles. The Balaban J connectivity index is 3.05. The molecule has 4 heteroatoms. The molecule has 1 aromatic rings. The number of benzene rings is 1. The molecule has 18 heavy (non-hydrogen) atoms. The van der Waals surface area contributed by atoms with Crippen LogP contribution in [0, 0.1) is 5.41 Å². The summed E-state index contributed by atoms with van der Waals surface area (Å²) in [6.07, 6.45) is 0. The Morgan fingerprint density at radius 3 is 2.50 bits per heavy atom. The van der Waals surface area contributed by atoms with Crippen LogP contribution in [0.25, 0.3) is 0 Å². The summed E-state index contributed by atoms with van der Waals surface area (Å²) >= 11 is 0. The average molecular weight is 253 g/mol. The average Bonchev–Trinajstić information content (AvgIpc) is 2.38. The molecule has 0 aromatic heterocycles. The van der Waals surface area contributed by atoms with E-state index in [-0.39, 0.29) is 18.1 Å². The number of rotatable bonds is 6. The first-order chi connectivity index (χ1) is 8.46. The second-order valence-corrected chi connectivity index (χ2v) is 4.97. The summed E-state index contributed by atoms with van der Waals surface area (Å²) in [7, 11) is 1.60. The summed E-state index contributed by atoms with van der Waals surface area (Å²) in [6.45, 7) is 6.41. The lowest BCUT2D eigenvalue weighted by atomic mass is 9.82. The van der Waals surface area contributed by atoms with Gasteiger partial charge in [-0.2, -0.15) is 0 Å². The van der Waals surface area contributed by atoms with E-state index in [2.05, 4.69) is 0 Å². The van der Waals surface area contributed by atoms with Crippen molar-refractivity contribution in [3.8, 4) is 11.5 Å². The first kappa shape index (κ1) is 14.8. The molecule has 0 amide bonds. The molecule has 1 rings (SSSR count). The van der Waals surface area contributed by atoms with Crippen LogP contribution in [-0.4, -0.2) is 25.4 Å². The third kappa shape index (κ3) is 3.15. The number of nitrogens with two attached hydrogens (primary N) is 1. The van der Waals surface area contributed by atoms with Gasteiger partial charge in [-0.15, -0.1) is 0 Å². The Kier molecular flexibility index (Phi) is 4.99. The highest BCUT2D eigenvalue weighted by Gasteiger charge is 2.27. The van der Waals surface area contributed by atoms with E-state index in [4.69, 9.17) is 15.2 Å². The SMILES string of the molecule is CCOc1ccc([C@H](N)C(C)(C)CO)cc1OC. The lowest BCUT2D eigenvalue weighted by Gasteiger charge is -2.30. The quantitative estimate of drug-likeness (QED) is 0.815. The maximum atomic E-state index is 9.36. The highest BCUT2D eigenvalue weighted by atomic mass is 16.5. The van der Waals surface area contributed by atoms with Crippen LogP contribution in [0.1, 0.15) is 32.4 Å². The maximum Gasteiger partial charge on any atom is 0.161 e. The van der Waals surface area contributed by atoms with E-state index < -0.39 is 0 Å². The number of ether oxygens (including phenoxy) is 2. The van der Waals surface area contributed by atoms with Crippen molar-refractivity contribution >= 4 is 0 Å². The van der Waals surface area contributed by atoms with Crippen LogP contribution >= 0.6 is 0 Å². The van der Waals surface area contributed by atoms with Crippen molar-refractivity contribution in [2.75, 3.05) is 20.3 Å². The van der Waals surface area contributed by atoms with Crippen molar-refractivity contribution in [2.24, 2.45) is 11.1 Å². The minimum absolute atomic E-state index is 0.0314. The van der Waals surface area contributed by atoms with Gasteiger partial charge in [-0.1, -0.05) is 19.9 Å². The monoisotopic (exact) mass is 253 g/mol. The van der Waals surface area contributed by atoms with E-state index in [1.165, 1.54) is 0 Å². The number of aliphatic hydroxyl groups is 1. The molecule has 0 heterocycles. The Bertz CT molecular complexity index is 391. The van der Waals surface area contributed by atoms with E-state index in [1.807, 2.05) is 39.0 Å². The van der Waals surface area contributed by atoms with E-state index in [0.29, 0.717) is 18.1 Å². The van der Waals surface area contributed by atoms with E-state index in [1.54, 1.807) is 7.11 Å². The van der Waals surface area contributed by atoms with Gasteiger partial charge in [0.1, 0.15) is 0 Å². The number of methoxy groups -OCH3 is 1. The molecular weight excluding hydrogens is 230 g/mol. The molecule has 3 N–H and O–H groups in total. The predicted molar refractivity (Wildman–Crippen MR) is 72.0 cm³/mol. The van der Waals surface area contributed by atoms with Crippen molar-refractivity contribution in [1.29, 1.82) is 0 Å². The molecule has 0 spiro atoms. The largest absolute Gasteiger partial charge is 0.493 e. The first-order valence-electron chi connectivity index (χ1n) is 6.13. The van der Waals surface area contributed by atoms with Crippen LogP contribution < -0.4 is 15.2 Å².